The Morgan fingerprint density at radius 3 is 2.07 bits per heavy atom. The number of urea groups is 1. The summed E-state index contributed by atoms with van der Waals surface area (Å²) in [5.74, 6) is -2.43. The van der Waals surface area contributed by atoms with Crippen LogP contribution in [0.15, 0.2) is 0 Å². The molecule has 14 heavy (non-hydrogen) atoms. The minimum Gasteiger partial charge on any atom is -0.481 e. The SMILES string of the molecule is NC(=O)NC(CCC(=O)O)C(=O)O.[Zn]. The Morgan fingerprint density at radius 2 is 1.79 bits per heavy atom. The molecule has 2 amide bonds. The molecule has 0 rings (SSSR count). The summed E-state index contributed by atoms with van der Waals surface area (Å²) in [4.78, 5) is 30.7. The summed E-state index contributed by atoms with van der Waals surface area (Å²) in [5, 5.41) is 18.6. The molecule has 0 fully saturated rings. The first-order chi connectivity index (χ1) is 5.93. The fourth-order valence-corrected chi connectivity index (χ4v) is 0.697. The van der Waals surface area contributed by atoms with Gasteiger partial charge < -0.3 is 21.3 Å². The summed E-state index contributed by atoms with van der Waals surface area (Å²) >= 11 is 0. The molecule has 0 saturated heterocycles. The number of aliphatic carboxylic acids is 2. The summed E-state index contributed by atoms with van der Waals surface area (Å²) in [7, 11) is 0. The van der Waals surface area contributed by atoms with Crippen molar-refractivity contribution in [1.82, 2.24) is 5.32 Å². The topological polar surface area (TPSA) is 130 Å². The van der Waals surface area contributed by atoms with Crippen molar-refractivity contribution in [2.75, 3.05) is 0 Å². The number of carbonyl (C=O) groups excluding carboxylic acids is 1. The number of nitrogens with one attached hydrogen (secondary N) is 1. The molecule has 0 aliphatic rings. The second-order valence-electron chi connectivity index (χ2n) is 2.33. The van der Waals surface area contributed by atoms with Crippen LogP contribution < -0.4 is 11.1 Å². The molecule has 1 atom stereocenters. The van der Waals surface area contributed by atoms with E-state index in [1.165, 1.54) is 0 Å². The number of hydrogen-bond donors (Lipinski definition) is 4. The first-order valence-electron chi connectivity index (χ1n) is 3.44. The molecular formula is C6H10N2O5Zn. The van der Waals surface area contributed by atoms with Gasteiger partial charge in [0.05, 0.1) is 0 Å². The van der Waals surface area contributed by atoms with Gasteiger partial charge >= 0.3 is 18.0 Å². The third-order valence-electron chi connectivity index (χ3n) is 1.26. The summed E-state index contributed by atoms with van der Waals surface area (Å²) < 4.78 is 0. The van der Waals surface area contributed by atoms with Crippen LogP contribution in [0.2, 0.25) is 0 Å². The third-order valence-corrected chi connectivity index (χ3v) is 1.26. The summed E-state index contributed by atoms with van der Waals surface area (Å²) in [6.45, 7) is 0. The van der Waals surface area contributed by atoms with Gasteiger partial charge in [0, 0.05) is 25.9 Å². The molecule has 0 aromatic carbocycles. The zero-order valence-corrected chi connectivity index (χ0v) is 10.4. The molecule has 5 N–H and O–H groups in total. The summed E-state index contributed by atoms with van der Waals surface area (Å²) in [6.07, 6.45) is -0.523. The van der Waals surface area contributed by atoms with Crippen LogP contribution in [0.3, 0.4) is 0 Å². The number of carboxylic acid groups (broad SMARTS) is 2. The molecule has 0 heterocycles. The van der Waals surface area contributed by atoms with Crippen molar-refractivity contribution in [1.29, 1.82) is 0 Å². The van der Waals surface area contributed by atoms with E-state index in [0.717, 1.165) is 0 Å². The zero-order chi connectivity index (χ0) is 10.4. The predicted molar refractivity (Wildman–Crippen MR) is 41.0 cm³/mol. The molecule has 0 aromatic rings. The van der Waals surface area contributed by atoms with Gasteiger partial charge in [0.25, 0.3) is 0 Å². The van der Waals surface area contributed by atoms with Gasteiger partial charge in [-0.2, -0.15) is 0 Å². The second-order valence-corrected chi connectivity index (χ2v) is 2.33. The third kappa shape index (κ3) is 7.48. The number of hydrogen-bond acceptors (Lipinski definition) is 3. The van der Waals surface area contributed by atoms with Crippen LogP contribution in [0.4, 0.5) is 4.79 Å². The quantitative estimate of drug-likeness (QED) is 0.467. The molecule has 0 radical (unpaired) electrons. The Morgan fingerprint density at radius 1 is 1.29 bits per heavy atom. The van der Waals surface area contributed by atoms with Gasteiger partial charge in [-0.05, 0) is 6.42 Å². The van der Waals surface area contributed by atoms with Crippen molar-refractivity contribution in [3.63, 3.8) is 0 Å². The molecule has 0 bridgehead atoms. The Balaban J connectivity index is 0. The smallest absolute Gasteiger partial charge is 0.326 e. The first kappa shape index (κ1) is 15.3. The van der Waals surface area contributed by atoms with Crippen molar-refractivity contribution >= 4 is 18.0 Å². The van der Waals surface area contributed by atoms with E-state index in [2.05, 4.69) is 5.73 Å². The molecule has 0 aromatic heterocycles. The second kappa shape index (κ2) is 7.26. The van der Waals surface area contributed by atoms with Crippen LogP contribution in [-0.4, -0.2) is 34.2 Å². The van der Waals surface area contributed by atoms with Gasteiger partial charge in [-0.15, -0.1) is 0 Å². The van der Waals surface area contributed by atoms with Gasteiger partial charge in [0.15, 0.2) is 0 Å². The summed E-state index contributed by atoms with van der Waals surface area (Å²) in [6, 6.07) is -2.23. The van der Waals surface area contributed by atoms with Crippen LogP contribution in [-0.2, 0) is 29.1 Å². The zero-order valence-electron chi connectivity index (χ0n) is 7.40. The van der Waals surface area contributed by atoms with Crippen LogP contribution >= 0.6 is 0 Å². The number of rotatable bonds is 5. The number of amides is 2. The van der Waals surface area contributed by atoms with Gasteiger partial charge in [0.1, 0.15) is 6.04 Å². The van der Waals surface area contributed by atoms with E-state index in [1.807, 2.05) is 5.32 Å². The van der Waals surface area contributed by atoms with E-state index in [9.17, 15) is 14.4 Å². The van der Waals surface area contributed by atoms with E-state index >= 15 is 0 Å². The minimum atomic E-state index is -1.31. The van der Waals surface area contributed by atoms with Crippen molar-refractivity contribution < 1.29 is 44.1 Å². The average molecular weight is 256 g/mol. The Bertz CT molecular complexity index is 232. The Labute approximate surface area is 92.4 Å². The molecule has 8 heteroatoms. The van der Waals surface area contributed by atoms with Crippen molar-refractivity contribution in [3.8, 4) is 0 Å². The standard InChI is InChI=1S/C6H10N2O5.Zn/c7-6(13)8-3(5(11)12)1-2-4(9)10;/h3H,1-2H2,(H,9,10)(H,11,12)(H3,7,8,13);. The van der Waals surface area contributed by atoms with Gasteiger partial charge in [-0.3, -0.25) is 4.79 Å². The van der Waals surface area contributed by atoms with E-state index in [0.29, 0.717) is 0 Å². The maximum Gasteiger partial charge on any atom is 0.326 e. The molecule has 1 unspecified atom stereocenters. The van der Waals surface area contributed by atoms with E-state index in [1.54, 1.807) is 0 Å². The van der Waals surface area contributed by atoms with E-state index in [4.69, 9.17) is 10.2 Å². The van der Waals surface area contributed by atoms with Crippen molar-refractivity contribution in [2.24, 2.45) is 5.73 Å². The Kier molecular flexibility index (Phi) is 7.94. The van der Waals surface area contributed by atoms with Crippen LogP contribution in [0.5, 0.6) is 0 Å². The van der Waals surface area contributed by atoms with Crippen molar-refractivity contribution in [3.05, 3.63) is 0 Å². The van der Waals surface area contributed by atoms with Gasteiger partial charge in [-0.1, -0.05) is 0 Å². The van der Waals surface area contributed by atoms with Crippen LogP contribution in [0.1, 0.15) is 12.8 Å². The predicted octanol–water partition coefficient (Wildman–Crippen LogP) is -1.03. The normalized spacial score (nSPS) is 10.9. The molecule has 76 valence electrons. The number of carboxylic acids is 2. The fourth-order valence-electron chi connectivity index (χ4n) is 0.697. The number of nitrogens with two attached hydrogens (primary N) is 1. The van der Waals surface area contributed by atoms with E-state index in [-0.39, 0.29) is 32.3 Å². The maximum atomic E-state index is 10.4. The molecule has 0 aliphatic heterocycles. The summed E-state index contributed by atoms with van der Waals surface area (Å²) in [5.41, 5.74) is 4.68. The minimum absolute atomic E-state index is 0. The van der Waals surface area contributed by atoms with Gasteiger partial charge in [-0.25, -0.2) is 9.59 Å². The van der Waals surface area contributed by atoms with Gasteiger partial charge in [0.2, 0.25) is 0 Å². The van der Waals surface area contributed by atoms with Crippen molar-refractivity contribution in [2.45, 2.75) is 18.9 Å². The fraction of sp³-hybridized carbons (Fsp3) is 0.500. The number of carbonyl (C=O) groups is 3. The van der Waals surface area contributed by atoms with Crippen LogP contribution in [0.25, 0.3) is 0 Å². The van der Waals surface area contributed by atoms with E-state index < -0.39 is 24.0 Å². The molecule has 0 spiro atoms. The maximum absolute atomic E-state index is 10.4. The van der Waals surface area contributed by atoms with Crippen LogP contribution in [0, 0.1) is 0 Å². The number of primary amides is 1. The average Bonchev–Trinajstić information content (AvgIpc) is 1.96. The monoisotopic (exact) mass is 254 g/mol. The molecule has 0 aliphatic carbocycles. The molecule has 7 nitrogen and oxygen atoms in total. The molecular weight excluding hydrogens is 245 g/mol. The Hall–Kier alpha value is -1.17. The molecule has 0 saturated carbocycles. The largest absolute Gasteiger partial charge is 0.481 e. The first-order valence-corrected chi connectivity index (χ1v) is 3.44.